The van der Waals surface area contributed by atoms with Crippen LogP contribution in [0.25, 0.3) is 0 Å². The molecule has 0 aliphatic heterocycles. The number of alkyl halides is 2. The van der Waals surface area contributed by atoms with Gasteiger partial charge in [-0.2, -0.15) is 8.78 Å². The highest BCUT2D eigenvalue weighted by Gasteiger charge is 2.29. The van der Waals surface area contributed by atoms with Gasteiger partial charge in [0.15, 0.2) is 0 Å². The molecular weight excluding hydrogens is 228 g/mol. The molecule has 1 atom stereocenters. The van der Waals surface area contributed by atoms with Crippen molar-refractivity contribution in [2.24, 2.45) is 5.41 Å². The van der Waals surface area contributed by atoms with Gasteiger partial charge in [-0.25, -0.2) is 4.98 Å². The van der Waals surface area contributed by atoms with Crippen LogP contribution in [0.5, 0.6) is 0 Å². The van der Waals surface area contributed by atoms with Gasteiger partial charge in [-0.05, 0) is 5.41 Å². The fourth-order valence-electron chi connectivity index (χ4n) is 1.38. The first-order chi connectivity index (χ1) is 7.80. The maximum Gasteiger partial charge on any atom is 0.315 e. The molecule has 96 valence electrons. The second-order valence-corrected chi connectivity index (χ2v) is 4.99. The third kappa shape index (κ3) is 4.13. The summed E-state index contributed by atoms with van der Waals surface area (Å²) in [7, 11) is 0. The van der Waals surface area contributed by atoms with Gasteiger partial charge in [-0.3, -0.25) is 4.79 Å². The number of amides is 1. The summed E-state index contributed by atoms with van der Waals surface area (Å²) >= 11 is 0. The number of hydrogen-bond donors (Lipinski definition) is 1. The van der Waals surface area contributed by atoms with Gasteiger partial charge in [0, 0.05) is 18.9 Å². The molecule has 0 aliphatic carbocycles. The molecule has 1 rings (SSSR count). The van der Waals surface area contributed by atoms with E-state index in [0.717, 1.165) is 0 Å². The summed E-state index contributed by atoms with van der Waals surface area (Å²) in [4.78, 5) is 14.9. The molecule has 1 aromatic rings. The van der Waals surface area contributed by atoms with Crippen molar-refractivity contribution in [1.82, 2.24) is 14.9 Å². The average molecular weight is 245 g/mol. The van der Waals surface area contributed by atoms with E-state index >= 15 is 0 Å². The molecule has 0 aromatic carbocycles. The molecular formula is C11H17F2N3O. The summed E-state index contributed by atoms with van der Waals surface area (Å²) in [5, 5.41) is 2.36. The maximum atomic E-state index is 12.2. The van der Waals surface area contributed by atoms with Gasteiger partial charge >= 0.3 is 6.43 Å². The van der Waals surface area contributed by atoms with Crippen molar-refractivity contribution in [3.63, 3.8) is 0 Å². The molecule has 0 bridgehead atoms. The zero-order valence-corrected chi connectivity index (χ0v) is 10.2. The molecule has 0 spiro atoms. The highest BCUT2D eigenvalue weighted by atomic mass is 19.3. The minimum absolute atomic E-state index is 0.311. The quantitative estimate of drug-likeness (QED) is 0.877. The lowest BCUT2D eigenvalue weighted by Gasteiger charge is -2.31. The third-order valence-electron chi connectivity index (χ3n) is 2.51. The lowest BCUT2D eigenvalue weighted by Crippen LogP contribution is -2.48. The molecule has 1 aromatic heterocycles. The second-order valence-electron chi connectivity index (χ2n) is 4.99. The molecule has 0 radical (unpaired) electrons. The van der Waals surface area contributed by atoms with Crippen LogP contribution in [0.3, 0.4) is 0 Å². The molecule has 0 saturated carbocycles. The predicted octanol–water partition coefficient (Wildman–Crippen LogP) is 1.68. The van der Waals surface area contributed by atoms with Gasteiger partial charge in [0.25, 0.3) is 5.91 Å². The first kappa shape index (κ1) is 13.6. The number of rotatable bonds is 4. The van der Waals surface area contributed by atoms with E-state index in [9.17, 15) is 13.6 Å². The fourth-order valence-corrected chi connectivity index (χ4v) is 1.38. The van der Waals surface area contributed by atoms with Crippen LogP contribution < -0.4 is 5.32 Å². The Hall–Kier alpha value is -1.46. The Balaban J connectivity index is 2.72. The molecule has 17 heavy (non-hydrogen) atoms. The molecule has 1 heterocycles. The standard InChI is InChI=1S/C11H17F2N3O/c1-11(2,3)8(15-10(17)9(12)13)6-16-5-4-14-7-16/h4-5,7-9H,6H2,1-3H3,(H,15,17). The number of nitrogens with one attached hydrogen (secondary N) is 1. The van der Waals surface area contributed by atoms with Crippen LogP contribution in [0.4, 0.5) is 8.78 Å². The highest BCUT2D eigenvalue weighted by Crippen LogP contribution is 2.21. The molecule has 1 N–H and O–H groups in total. The topological polar surface area (TPSA) is 46.9 Å². The Labute approximate surface area is 99.0 Å². The Kier molecular flexibility index (Phi) is 4.20. The van der Waals surface area contributed by atoms with E-state index in [2.05, 4.69) is 10.3 Å². The summed E-state index contributed by atoms with van der Waals surface area (Å²) in [6.45, 7) is 6.09. The highest BCUT2D eigenvalue weighted by molar-refractivity contribution is 5.79. The number of carbonyl (C=O) groups excluding carboxylic acids is 1. The molecule has 0 fully saturated rings. The average Bonchev–Trinajstić information content (AvgIpc) is 2.67. The van der Waals surface area contributed by atoms with Crippen LogP contribution in [-0.4, -0.2) is 27.9 Å². The van der Waals surface area contributed by atoms with Crippen LogP contribution in [-0.2, 0) is 11.3 Å². The minimum Gasteiger partial charge on any atom is -0.346 e. The molecule has 4 nitrogen and oxygen atoms in total. The summed E-state index contributed by atoms with van der Waals surface area (Å²) in [6, 6.07) is -0.377. The second kappa shape index (κ2) is 5.25. The smallest absolute Gasteiger partial charge is 0.315 e. The summed E-state index contributed by atoms with van der Waals surface area (Å²) < 4.78 is 26.2. The van der Waals surface area contributed by atoms with Gasteiger partial charge < -0.3 is 9.88 Å². The van der Waals surface area contributed by atoms with Crippen molar-refractivity contribution in [2.45, 2.75) is 39.8 Å². The Bertz CT molecular complexity index is 357. The van der Waals surface area contributed by atoms with Crippen LogP contribution >= 0.6 is 0 Å². The van der Waals surface area contributed by atoms with E-state index in [4.69, 9.17) is 0 Å². The minimum atomic E-state index is -2.98. The largest absolute Gasteiger partial charge is 0.346 e. The van der Waals surface area contributed by atoms with E-state index in [-0.39, 0.29) is 11.5 Å². The maximum absolute atomic E-state index is 12.2. The summed E-state index contributed by atoms with van der Waals surface area (Å²) in [5.41, 5.74) is -0.311. The van der Waals surface area contributed by atoms with Gasteiger partial charge in [-0.15, -0.1) is 0 Å². The zero-order chi connectivity index (χ0) is 13.1. The first-order valence-corrected chi connectivity index (χ1v) is 5.35. The van der Waals surface area contributed by atoms with Gasteiger partial charge in [0.2, 0.25) is 0 Å². The molecule has 1 unspecified atom stereocenters. The van der Waals surface area contributed by atoms with E-state index in [1.54, 1.807) is 23.3 Å². The van der Waals surface area contributed by atoms with Gasteiger partial charge in [0.1, 0.15) is 0 Å². The van der Waals surface area contributed by atoms with Crippen molar-refractivity contribution in [2.75, 3.05) is 0 Å². The van der Waals surface area contributed by atoms with E-state index in [1.165, 1.54) is 0 Å². The number of carbonyl (C=O) groups is 1. The van der Waals surface area contributed by atoms with Crippen LogP contribution in [0.15, 0.2) is 18.7 Å². The van der Waals surface area contributed by atoms with Gasteiger partial charge in [-0.1, -0.05) is 20.8 Å². The van der Waals surface area contributed by atoms with E-state index in [0.29, 0.717) is 6.54 Å². The lowest BCUT2D eigenvalue weighted by atomic mass is 9.86. The Morgan fingerprint density at radius 2 is 2.12 bits per heavy atom. The molecule has 1 amide bonds. The lowest BCUT2D eigenvalue weighted by molar-refractivity contribution is -0.133. The molecule has 0 aliphatic rings. The number of imidazole rings is 1. The molecule has 0 saturated heterocycles. The van der Waals surface area contributed by atoms with E-state index < -0.39 is 12.3 Å². The zero-order valence-electron chi connectivity index (χ0n) is 10.2. The van der Waals surface area contributed by atoms with Crippen molar-refractivity contribution >= 4 is 5.91 Å². The number of hydrogen-bond acceptors (Lipinski definition) is 2. The predicted molar refractivity (Wildman–Crippen MR) is 59.6 cm³/mol. The first-order valence-electron chi connectivity index (χ1n) is 5.35. The normalized spacial score (nSPS) is 13.8. The van der Waals surface area contributed by atoms with Crippen molar-refractivity contribution < 1.29 is 13.6 Å². The van der Waals surface area contributed by atoms with Crippen molar-refractivity contribution in [1.29, 1.82) is 0 Å². The number of nitrogens with zero attached hydrogens (tertiary/aromatic N) is 2. The fraction of sp³-hybridized carbons (Fsp3) is 0.636. The van der Waals surface area contributed by atoms with Crippen molar-refractivity contribution in [3.8, 4) is 0 Å². The van der Waals surface area contributed by atoms with E-state index in [1.807, 2.05) is 20.8 Å². The van der Waals surface area contributed by atoms with Gasteiger partial charge in [0.05, 0.1) is 12.4 Å². The molecule has 6 heteroatoms. The number of halogens is 2. The SMILES string of the molecule is CC(C)(C)C(Cn1ccnc1)NC(=O)C(F)F. The van der Waals surface area contributed by atoms with Crippen LogP contribution in [0.1, 0.15) is 20.8 Å². The Morgan fingerprint density at radius 3 is 2.53 bits per heavy atom. The third-order valence-corrected chi connectivity index (χ3v) is 2.51. The Morgan fingerprint density at radius 1 is 1.47 bits per heavy atom. The van der Waals surface area contributed by atoms with Crippen LogP contribution in [0.2, 0.25) is 0 Å². The summed E-state index contributed by atoms with van der Waals surface area (Å²) in [5.74, 6) is -1.23. The monoisotopic (exact) mass is 245 g/mol. The van der Waals surface area contributed by atoms with Crippen molar-refractivity contribution in [3.05, 3.63) is 18.7 Å². The van der Waals surface area contributed by atoms with Crippen LogP contribution in [0, 0.1) is 5.41 Å². The number of aromatic nitrogens is 2. The summed E-state index contributed by atoms with van der Waals surface area (Å²) in [6.07, 6.45) is 1.94.